The summed E-state index contributed by atoms with van der Waals surface area (Å²) in [4.78, 5) is 21.3. The zero-order valence-electron chi connectivity index (χ0n) is 25.3. The highest BCUT2D eigenvalue weighted by Crippen LogP contribution is 2.38. The van der Waals surface area contributed by atoms with E-state index in [2.05, 4.69) is 17.0 Å². The van der Waals surface area contributed by atoms with Gasteiger partial charge in [0, 0.05) is 37.8 Å². The lowest BCUT2D eigenvalue weighted by Crippen LogP contribution is -2.50. The first-order valence-electron chi connectivity index (χ1n) is 14.5. The number of nitrogens with zero attached hydrogens (tertiary/aromatic N) is 3. The number of amides is 1. The molecule has 224 valence electrons. The molecule has 0 aliphatic carbocycles. The third-order valence-electron chi connectivity index (χ3n) is 7.05. The molecule has 3 aromatic carbocycles. The molecule has 2 heterocycles. The van der Waals surface area contributed by atoms with Crippen molar-refractivity contribution in [2.45, 2.75) is 39.6 Å². The third-order valence-corrected chi connectivity index (χ3v) is 7.05. The van der Waals surface area contributed by atoms with Crippen LogP contribution in [0.4, 0.5) is 10.5 Å². The van der Waals surface area contributed by atoms with Crippen LogP contribution in [0.5, 0.6) is 17.5 Å². The van der Waals surface area contributed by atoms with Crippen LogP contribution in [0.3, 0.4) is 0 Å². The second kappa shape index (κ2) is 13.5. The van der Waals surface area contributed by atoms with Gasteiger partial charge in [-0.15, -0.1) is 0 Å². The predicted molar refractivity (Wildman–Crippen MR) is 168 cm³/mol. The van der Waals surface area contributed by atoms with E-state index in [9.17, 15) is 4.79 Å². The summed E-state index contributed by atoms with van der Waals surface area (Å²) in [6.45, 7) is 8.93. The Morgan fingerprint density at radius 3 is 2.02 bits per heavy atom. The van der Waals surface area contributed by atoms with Gasteiger partial charge in [-0.05, 0) is 55.7 Å². The van der Waals surface area contributed by atoms with Crippen molar-refractivity contribution >= 4 is 11.8 Å². The molecule has 0 saturated carbocycles. The van der Waals surface area contributed by atoms with Crippen LogP contribution in [0, 0.1) is 0 Å². The van der Waals surface area contributed by atoms with Gasteiger partial charge in [0.1, 0.15) is 24.6 Å². The molecule has 1 fully saturated rings. The van der Waals surface area contributed by atoms with Crippen molar-refractivity contribution in [1.82, 2.24) is 9.88 Å². The molecular formula is C35H39N3O5. The summed E-state index contributed by atoms with van der Waals surface area (Å²) in [5.41, 5.74) is 4.31. The average Bonchev–Trinajstić information content (AvgIpc) is 3.03. The van der Waals surface area contributed by atoms with Gasteiger partial charge in [-0.3, -0.25) is 0 Å². The fraction of sp³-hybridized carbons (Fsp3) is 0.314. The zero-order valence-corrected chi connectivity index (χ0v) is 25.3. The maximum atomic E-state index is 12.5. The summed E-state index contributed by atoms with van der Waals surface area (Å²) in [7, 11) is 1.67. The lowest BCUT2D eigenvalue weighted by atomic mass is 10.1. The van der Waals surface area contributed by atoms with E-state index < -0.39 is 5.60 Å². The third kappa shape index (κ3) is 7.97. The molecule has 43 heavy (non-hydrogen) atoms. The molecular weight excluding hydrogens is 542 g/mol. The Morgan fingerprint density at radius 2 is 1.42 bits per heavy atom. The molecule has 1 aliphatic heterocycles. The van der Waals surface area contributed by atoms with E-state index in [-0.39, 0.29) is 6.09 Å². The minimum Gasteiger partial charge on any atom is -0.495 e. The van der Waals surface area contributed by atoms with Crippen LogP contribution in [0.1, 0.15) is 31.9 Å². The number of piperazine rings is 1. The molecule has 4 aromatic rings. The maximum Gasteiger partial charge on any atom is 0.410 e. The molecule has 1 aromatic heterocycles. The number of benzene rings is 3. The van der Waals surface area contributed by atoms with Gasteiger partial charge >= 0.3 is 6.09 Å². The molecule has 0 atom stereocenters. The molecule has 0 spiro atoms. The van der Waals surface area contributed by atoms with Crippen LogP contribution in [-0.2, 0) is 18.0 Å². The molecule has 5 rings (SSSR count). The Balaban J connectivity index is 1.35. The topological polar surface area (TPSA) is 73.4 Å². The number of carbonyl (C=O) groups is 1. The summed E-state index contributed by atoms with van der Waals surface area (Å²) >= 11 is 0. The van der Waals surface area contributed by atoms with Gasteiger partial charge in [-0.2, -0.15) is 4.98 Å². The van der Waals surface area contributed by atoms with E-state index in [0.29, 0.717) is 51.2 Å². The number of hydrogen-bond acceptors (Lipinski definition) is 7. The number of methoxy groups -OCH3 is 1. The minimum absolute atomic E-state index is 0.277. The Morgan fingerprint density at radius 1 is 0.791 bits per heavy atom. The summed E-state index contributed by atoms with van der Waals surface area (Å²) in [6.07, 6.45) is -0.277. The number of ether oxygens (including phenoxy) is 4. The highest BCUT2D eigenvalue weighted by atomic mass is 16.6. The first-order chi connectivity index (χ1) is 20.8. The quantitative estimate of drug-likeness (QED) is 0.211. The zero-order chi connectivity index (χ0) is 30.2. The number of carbonyl (C=O) groups excluding carboxylic acids is 1. The van der Waals surface area contributed by atoms with Gasteiger partial charge in [-0.25, -0.2) is 4.79 Å². The first-order valence-corrected chi connectivity index (χ1v) is 14.5. The molecule has 1 amide bonds. The molecule has 0 N–H and O–H groups in total. The molecule has 0 unspecified atom stereocenters. The highest BCUT2D eigenvalue weighted by molar-refractivity contribution is 5.75. The van der Waals surface area contributed by atoms with Crippen LogP contribution in [0.25, 0.3) is 11.1 Å². The lowest BCUT2D eigenvalue weighted by Gasteiger charge is -2.37. The van der Waals surface area contributed by atoms with E-state index in [4.69, 9.17) is 23.9 Å². The molecule has 0 bridgehead atoms. The summed E-state index contributed by atoms with van der Waals surface area (Å²) < 4.78 is 23.7. The van der Waals surface area contributed by atoms with Crippen molar-refractivity contribution in [2.24, 2.45) is 0 Å². The second-order valence-corrected chi connectivity index (χ2v) is 11.4. The number of aromatic nitrogens is 1. The Labute approximate surface area is 253 Å². The number of anilines is 1. The van der Waals surface area contributed by atoms with Crippen LogP contribution >= 0.6 is 0 Å². The SMILES string of the molecule is COc1cc(-c2ccc(OCc3ccccc3)nc2OCc2ccccc2)ccc1N1CCN(C(=O)OC(C)(C)C)CC1. The molecule has 0 radical (unpaired) electrons. The van der Waals surface area contributed by atoms with Crippen molar-refractivity contribution in [3.8, 4) is 28.6 Å². The van der Waals surface area contributed by atoms with Crippen LogP contribution in [0.15, 0.2) is 91.0 Å². The van der Waals surface area contributed by atoms with E-state index in [1.54, 1.807) is 12.0 Å². The van der Waals surface area contributed by atoms with Gasteiger partial charge in [0.2, 0.25) is 11.8 Å². The standard InChI is InChI=1S/C35H39N3O5/c1-35(2,3)43-34(39)38-21-19-37(20-22-38)30-17-15-28(23-31(30)40-4)29-16-18-32(41-24-26-11-7-5-8-12-26)36-33(29)42-25-27-13-9-6-10-14-27/h5-18,23H,19-22,24-25H2,1-4H3. The summed E-state index contributed by atoms with van der Waals surface area (Å²) in [6, 6.07) is 30.0. The van der Waals surface area contributed by atoms with Gasteiger partial charge in [-0.1, -0.05) is 66.7 Å². The van der Waals surface area contributed by atoms with E-state index >= 15 is 0 Å². The fourth-order valence-electron chi connectivity index (χ4n) is 4.85. The highest BCUT2D eigenvalue weighted by Gasteiger charge is 2.27. The van der Waals surface area contributed by atoms with Crippen molar-refractivity contribution in [2.75, 3.05) is 38.2 Å². The van der Waals surface area contributed by atoms with E-state index in [1.165, 1.54) is 0 Å². The Kier molecular flexibility index (Phi) is 9.35. The largest absolute Gasteiger partial charge is 0.495 e. The minimum atomic E-state index is -0.516. The van der Waals surface area contributed by atoms with E-state index in [0.717, 1.165) is 33.7 Å². The molecule has 8 heteroatoms. The van der Waals surface area contributed by atoms with Crippen LogP contribution in [-0.4, -0.2) is 54.9 Å². The smallest absolute Gasteiger partial charge is 0.410 e. The van der Waals surface area contributed by atoms with Crippen molar-refractivity contribution < 1.29 is 23.7 Å². The fourth-order valence-corrected chi connectivity index (χ4v) is 4.85. The van der Waals surface area contributed by atoms with Crippen LogP contribution in [0.2, 0.25) is 0 Å². The lowest BCUT2D eigenvalue weighted by molar-refractivity contribution is 0.0240. The predicted octanol–water partition coefficient (Wildman–Crippen LogP) is 6.97. The Bertz CT molecular complexity index is 1500. The number of hydrogen-bond donors (Lipinski definition) is 0. The molecule has 1 saturated heterocycles. The normalized spacial score (nSPS) is 13.4. The molecule has 1 aliphatic rings. The van der Waals surface area contributed by atoms with Crippen molar-refractivity contribution in [3.63, 3.8) is 0 Å². The Hall–Kier alpha value is -4.72. The molecule has 8 nitrogen and oxygen atoms in total. The number of rotatable bonds is 9. The van der Waals surface area contributed by atoms with Gasteiger partial charge in [0.25, 0.3) is 0 Å². The first kappa shape index (κ1) is 29.8. The van der Waals surface area contributed by atoms with Gasteiger partial charge < -0.3 is 28.7 Å². The van der Waals surface area contributed by atoms with Crippen molar-refractivity contribution in [3.05, 3.63) is 102 Å². The summed E-state index contributed by atoms with van der Waals surface area (Å²) in [5.74, 6) is 1.71. The summed E-state index contributed by atoms with van der Waals surface area (Å²) in [5, 5.41) is 0. The average molecular weight is 582 g/mol. The number of pyridine rings is 1. The maximum absolute atomic E-state index is 12.5. The monoisotopic (exact) mass is 581 g/mol. The van der Waals surface area contributed by atoms with Gasteiger partial charge in [0.05, 0.1) is 12.8 Å². The van der Waals surface area contributed by atoms with E-state index in [1.807, 2.05) is 99.6 Å². The van der Waals surface area contributed by atoms with Gasteiger partial charge in [0.15, 0.2) is 0 Å². The van der Waals surface area contributed by atoms with Crippen LogP contribution < -0.4 is 19.1 Å². The van der Waals surface area contributed by atoms with Crippen molar-refractivity contribution in [1.29, 1.82) is 0 Å². The second-order valence-electron chi connectivity index (χ2n) is 11.4.